The fourth-order valence-electron chi connectivity index (χ4n) is 5.56. The van der Waals surface area contributed by atoms with Crippen molar-refractivity contribution in [2.45, 2.75) is 49.8 Å². The monoisotopic (exact) mass is 518 g/mol. The summed E-state index contributed by atoms with van der Waals surface area (Å²) in [5.74, 6) is -0.0838. The van der Waals surface area contributed by atoms with Gasteiger partial charge in [-0.1, -0.05) is 60.1 Å². The standard InChI is InChI=1S/C30H31ClN2O4/c31-21-12-10-20(11-13-21)28-27(29(35)32-18-19-37-24-6-2-1-3-7-24)25-8-4-5-9-26(25)30(36)33(28)22-14-16-23(34)17-15-22/h1-13,22-23,27-28,34H,14-19H2,(H,32,35)/t22?,23?,27-,28+/m1/s1. The summed E-state index contributed by atoms with van der Waals surface area (Å²) in [5, 5.41) is 13.8. The zero-order valence-electron chi connectivity index (χ0n) is 20.6. The average molecular weight is 519 g/mol. The Labute approximate surface area is 222 Å². The predicted molar refractivity (Wildman–Crippen MR) is 143 cm³/mol. The molecule has 1 aliphatic heterocycles. The highest BCUT2D eigenvalue weighted by Gasteiger charge is 2.46. The van der Waals surface area contributed by atoms with Crippen LogP contribution in [0.3, 0.4) is 0 Å². The lowest BCUT2D eigenvalue weighted by molar-refractivity contribution is -0.124. The largest absolute Gasteiger partial charge is 0.492 e. The highest BCUT2D eigenvalue weighted by molar-refractivity contribution is 6.30. The molecule has 0 spiro atoms. The molecule has 2 amide bonds. The Bertz CT molecular complexity index is 1230. The molecule has 192 valence electrons. The first-order valence-corrected chi connectivity index (χ1v) is 13.2. The number of para-hydroxylation sites is 1. The van der Waals surface area contributed by atoms with Gasteiger partial charge in [0, 0.05) is 16.6 Å². The number of carbonyl (C=O) groups excluding carboxylic acids is 2. The lowest BCUT2D eigenvalue weighted by Crippen LogP contribution is -2.52. The number of nitrogens with zero attached hydrogens (tertiary/aromatic N) is 1. The first kappa shape index (κ1) is 25.3. The van der Waals surface area contributed by atoms with Crippen LogP contribution in [0.25, 0.3) is 0 Å². The number of aliphatic hydroxyl groups is 1. The van der Waals surface area contributed by atoms with E-state index in [4.69, 9.17) is 16.3 Å². The second-order valence-corrected chi connectivity index (χ2v) is 10.1. The SMILES string of the molecule is O=C(NCCOc1ccccc1)[C@@H]1c2ccccc2C(=O)N(C2CCC(O)CC2)[C@H]1c1ccc(Cl)cc1. The van der Waals surface area contributed by atoms with Crippen LogP contribution in [0, 0.1) is 0 Å². The summed E-state index contributed by atoms with van der Waals surface area (Å²) in [5.41, 5.74) is 2.14. The van der Waals surface area contributed by atoms with Crippen molar-refractivity contribution < 1.29 is 19.4 Å². The van der Waals surface area contributed by atoms with Crippen molar-refractivity contribution in [1.82, 2.24) is 10.2 Å². The third kappa shape index (κ3) is 5.50. The number of carbonyl (C=O) groups is 2. The van der Waals surface area contributed by atoms with E-state index in [1.807, 2.05) is 65.6 Å². The third-order valence-corrected chi connectivity index (χ3v) is 7.60. The maximum atomic E-state index is 13.9. The maximum Gasteiger partial charge on any atom is 0.254 e. The van der Waals surface area contributed by atoms with Crippen LogP contribution in [0.5, 0.6) is 5.75 Å². The van der Waals surface area contributed by atoms with Crippen LogP contribution in [-0.2, 0) is 4.79 Å². The maximum absolute atomic E-state index is 13.9. The van der Waals surface area contributed by atoms with E-state index in [1.165, 1.54) is 0 Å². The van der Waals surface area contributed by atoms with Crippen LogP contribution in [0.15, 0.2) is 78.9 Å². The molecule has 37 heavy (non-hydrogen) atoms. The fraction of sp³-hybridized carbons (Fsp3) is 0.333. The highest BCUT2D eigenvalue weighted by atomic mass is 35.5. The quantitative estimate of drug-likeness (QED) is 0.425. The van der Waals surface area contributed by atoms with Gasteiger partial charge < -0.3 is 20.1 Å². The lowest BCUT2D eigenvalue weighted by atomic mass is 9.77. The summed E-state index contributed by atoms with van der Waals surface area (Å²) < 4.78 is 5.76. The van der Waals surface area contributed by atoms with Crippen LogP contribution in [0.2, 0.25) is 5.02 Å². The Morgan fingerprint density at radius 1 is 0.946 bits per heavy atom. The smallest absolute Gasteiger partial charge is 0.254 e. The number of amides is 2. The molecule has 5 rings (SSSR count). The minimum absolute atomic E-state index is 0.0679. The first-order valence-electron chi connectivity index (χ1n) is 12.8. The molecule has 0 aromatic heterocycles. The number of halogens is 1. The van der Waals surface area contributed by atoms with E-state index in [-0.39, 0.29) is 24.0 Å². The second-order valence-electron chi connectivity index (χ2n) is 9.69. The predicted octanol–water partition coefficient (Wildman–Crippen LogP) is 5.12. The minimum Gasteiger partial charge on any atom is -0.492 e. The van der Waals surface area contributed by atoms with Crippen LogP contribution in [0.1, 0.15) is 59.1 Å². The van der Waals surface area contributed by atoms with Crippen molar-refractivity contribution in [1.29, 1.82) is 0 Å². The van der Waals surface area contributed by atoms with Gasteiger partial charge in [-0.25, -0.2) is 0 Å². The number of fused-ring (bicyclic) bond motifs is 1. The summed E-state index contributed by atoms with van der Waals surface area (Å²) in [4.78, 5) is 29.6. The Kier molecular flexibility index (Phi) is 7.77. The molecule has 1 aliphatic carbocycles. The molecule has 3 aromatic carbocycles. The number of nitrogens with one attached hydrogen (secondary N) is 1. The molecule has 0 radical (unpaired) electrons. The summed E-state index contributed by atoms with van der Waals surface area (Å²) in [6, 6.07) is 23.7. The van der Waals surface area contributed by atoms with Gasteiger partial charge in [0.1, 0.15) is 12.4 Å². The molecular weight excluding hydrogens is 488 g/mol. The van der Waals surface area contributed by atoms with Crippen molar-refractivity contribution in [2.24, 2.45) is 0 Å². The number of hydrogen-bond donors (Lipinski definition) is 2. The number of aliphatic hydroxyl groups excluding tert-OH is 1. The Hall–Kier alpha value is -3.35. The average Bonchev–Trinajstić information content (AvgIpc) is 2.93. The van der Waals surface area contributed by atoms with E-state index in [1.54, 1.807) is 18.2 Å². The Balaban J connectivity index is 1.47. The fourth-order valence-corrected chi connectivity index (χ4v) is 5.68. The van der Waals surface area contributed by atoms with E-state index >= 15 is 0 Å². The van der Waals surface area contributed by atoms with Gasteiger partial charge in [0.15, 0.2) is 0 Å². The summed E-state index contributed by atoms with van der Waals surface area (Å²) in [6.07, 6.45) is 2.31. The van der Waals surface area contributed by atoms with Crippen molar-refractivity contribution in [3.8, 4) is 5.75 Å². The highest BCUT2D eigenvalue weighted by Crippen LogP contribution is 2.46. The summed E-state index contributed by atoms with van der Waals surface area (Å²) in [7, 11) is 0. The molecule has 1 heterocycles. The molecule has 0 unspecified atom stereocenters. The molecular formula is C30H31ClN2O4. The van der Waals surface area contributed by atoms with Gasteiger partial charge in [-0.3, -0.25) is 9.59 Å². The molecule has 2 atom stereocenters. The molecule has 0 saturated heterocycles. The van der Waals surface area contributed by atoms with E-state index < -0.39 is 12.0 Å². The van der Waals surface area contributed by atoms with Crippen LogP contribution in [0.4, 0.5) is 0 Å². The number of rotatable bonds is 7. The Morgan fingerprint density at radius 3 is 2.35 bits per heavy atom. The van der Waals surface area contributed by atoms with Crippen molar-refractivity contribution in [3.63, 3.8) is 0 Å². The van der Waals surface area contributed by atoms with Gasteiger partial charge >= 0.3 is 0 Å². The van der Waals surface area contributed by atoms with Gasteiger partial charge in [-0.2, -0.15) is 0 Å². The van der Waals surface area contributed by atoms with Gasteiger partial charge in [0.2, 0.25) is 5.91 Å². The summed E-state index contributed by atoms with van der Waals surface area (Å²) in [6.45, 7) is 0.669. The van der Waals surface area contributed by atoms with Crippen molar-refractivity contribution in [2.75, 3.05) is 13.2 Å². The molecule has 1 saturated carbocycles. The van der Waals surface area contributed by atoms with Gasteiger partial charge in [0.05, 0.1) is 24.6 Å². The molecule has 2 aliphatic rings. The van der Waals surface area contributed by atoms with E-state index in [9.17, 15) is 14.7 Å². The number of ether oxygens (including phenoxy) is 1. The zero-order chi connectivity index (χ0) is 25.8. The second kappa shape index (κ2) is 11.4. The molecule has 3 aromatic rings. The van der Waals surface area contributed by atoms with E-state index in [0.29, 0.717) is 49.4 Å². The third-order valence-electron chi connectivity index (χ3n) is 7.34. The number of benzene rings is 3. The lowest BCUT2D eigenvalue weighted by Gasteiger charge is -2.47. The van der Waals surface area contributed by atoms with Crippen LogP contribution in [-0.4, -0.2) is 47.1 Å². The van der Waals surface area contributed by atoms with Gasteiger partial charge in [-0.05, 0) is 67.1 Å². The molecule has 7 heteroatoms. The normalized spacial score (nSPS) is 23.3. The Morgan fingerprint density at radius 2 is 1.62 bits per heavy atom. The zero-order valence-corrected chi connectivity index (χ0v) is 21.3. The van der Waals surface area contributed by atoms with Crippen LogP contribution >= 0.6 is 11.6 Å². The van der Waals surface area contributed by atoms with Gasteiger partial charge in [0.25, 0.3) is 5.91 Å². The topological polar surface area (TPSA) is 78.9 Å². The van der Waals surface area contributed by atoms with E-state index in [0.717, 1.165) is 16.9 Å². The molecule has 6 nitrogen and oxygen atoms in total. The first-order chi connectivity index (χ1) is 18.0. The molecule has 2 N–H and O–H groups in total. The molecule has 0 bridgehead atoms. The molecule has 1 fully saturated rings. The van der Waals surface area contributed by atoms with Crippen molar-refractivity contribution >= 4 is 23.4 Å². The number of hydrogen-bond acceptors (Lipinski definition) is 4. The van der Waals surface area contributed by atoms with Crippen LogP contribution < -0.4 is 10.1 Å². The van der Waals surface area contributed by atoms with Crippen molar-refractivity contribution in [3.05, 3.63) is 101 Å². The van der Waals surface area contributed by atoms with Gasteiger partial charge in [-0.15, -0.1) is 0 Å². The minimum atomic E-state index is -0.598. The summed E-state index contributed by atoms with van der Waals surface area (Å²) >= 11 is 6.19. The van der Waals surface area contributed by atoms with E-state index in [2.05, 4.69) is 5.32 Å².